The summed E-state index contributed by atoms with van der Waals surface area (Å²) in [6.07, 6.45) is 4.96. The molecule has 5 heteroatoms. The number of carboxylic acid groups (broad SMARTS) is 1. The number of piperidine rings is 1. The summed E-state index contributed by atoms with van der Waals surface area (Å²) in [5, 5.41) is 11.9. The Balaban J connectivity index is 1.72. The SMILES string of the molecule is CCCCC(=O)Nc1ccc(CCN2CCC(C(=O)O)CC2)cc1. The highest BCUT2D eigenvalue weighted by atomic mass is 16.4. The average Bonchev–Trinajstić information content (AvgIpc) is 2.59. The first-order valence-corrected chi connectivity index (χ1v) is 8.92. The predicted molar refractivity (Wildman–Crippen MR) is 95.1 cm³/mol. The number of nitrogens with zero attached hydrogens (tertiary/aromatic N) is 1. The van der Waals surface area contributed by atoms with Crippen LogP contribution in [0.5, 0.6) is 0 Å². The first kappa shape index (κ1) is 18.5. The van der Waals surface area contributed by atoms with Crippen LogP contribution in [0.25, 0.3) is 0 Å². The number of rotatable bonds is 8. The molecule has 0 spiro atoms. The lowest BCUT2D eigenvalue weighted by Crippen LogP contribution is -2.37. The fourth-order valence-corrected chi connectivity index (χ4v) is 3.01. The van der Waals surface area contributed by atoms with E-state index in [0.29, 0.717) is 6.42 Å². The fourth-order valence-electron chi connectivity index (χ4n) is 3.01. The van der Waals surface area contributed by atoms with Crippen molar-refractivity contribution in [3.8, 4) is 0 Å². The van der Waals surface area contributed by atoms with E-state index in [4.69, 9.17) is 5.11 Å². The quantitative estimate of drug-likeness (QED) is 0.767. The Morgan fingerprint density at radius 2 is 1.88 bits per heavy atom. The summed E-state index contributed by atoms with van der Waals surface area (Å²) in [7, 11) is 0. The van der Waals surface area contributed by atoms with Crippen molar-refractivity contribution in [2.45, 2.75) is 45.4 Å². The maximum Gasteiger partial charge on any atom is 0.306 e. The van der Waals surface area contributed by atoms with Crippen LogP contribution in [0, 0.1) is 5.92 Å². The molecule has 0 bridgehead atoms. The van der Waals surface area contributed by atoms with E-state index in [-0.39, 0.29) is 11.8 Å². The highest BCUT2D eigenvalue weighted by molar-refractivity contribution is 5.90. The molecule has 132 valence electrons. The van der Waals surface area contributed by atoms with Gasteiger partial charge in [0.1, 0.15) is 0 Å². The average molecular weight is 332 g/mol. The molecule has 1 saturated heterocycles. The summed E-state index contributed by atoms with van der Waals surface area (Å²) in [4.78, 5) is 25.0. The lowest BCUT2D eigenvalue weighted by Gasteiger charge is -2.29. The third-order valence-electron chi connectivity index (χ3n) is 4.65. The Hall–Kier alpha value is -1.88. The van der Waals surface area contributed by atoms with Crippen LogP contribution in [0.3, 0.4) is 0 Å². The molecule has 1 aliphatic heterocycles. The van der Waals surface area contributed by atoms with Gasteiger partial charge in [0.2, 0.25) is 5.91 Å². The minimum absolute atomic E-state index is 0.0749. The van der Waals surface area contributed by atoms with Crippen LogP contribution >= 0.6 is 0 Å². The van der Waals surface area contributed by atoms with Gasteiger partial charge in [0.25, 0.3) is 0 Å². The molecule has 24 heavy (non-hydrogen) atoms. The van der Waals surface area contributed by atoms with E-state index in [0.717, 1.165) is 57.4 Å². The summed E-state index contributed by atoms with van der Waals surface area (Å²) in [5.41, 5.74) is 2.09. The molecule has 0 unspecified atom stereocenters. The monoisotopic (exact) mass is 332 g/mol. The summed E-state index contributed by atoms with van der Waals surface area (Å²) in [6, 6.07) is 8.02. The van der Waals surface area contributed by atoms with Crippen molar-refractivity contribution in [2.24, 2.45) is 5.92 Å². The molecule has 0 saturated carbocycles. The normalized spacial score (nSPS) is 16.0. The highest BCUT2D eigenvalue weighted by Gasteiger charge is 2.23. The van der Waals surface area contributed by atoms with E-state index in [1.807, 2.05) is 12.1 Å². The van der Waals surface area contributed by atoms with Gasteiger partial charge < -0.3 is 15.3 Å². The van der Waals surface area contributed by atoms with Gasteiger partial charge in [-0.05, 0) is 56.5 Å². The molecular formula is C19H28N2O3. The van der Waals surface area contributed by atoms with Crippen LogP contribution in [-0.2, 0) is 16.0 Å². The van der Waals surface area contributed by atoms with E-state index in [1.165, 1.54) is 5.56 Å². The van der Waals surface area contributed by atoms with Crippen molar-refractivity contribution >= 4 is 17.6 Å². The maximum absolute atomic E-state index is 11.7. The number of hydrogen-bond acceptors (Lipinski definition) is 3. The largest absolute Gasteiger partial charge is 0.481 e. The minimum Gasteiger partial charge on any atom is -0.481 e. The van der Waals surface area contributed by atoms with Crippen molar-refractivity contribution in [1.82, 2.24) is 4.90 Å². The number of carbonyl (C=O) groups excluding carboxylic acids is 1. The number of nitrogens with one attached hydrogen (secondary N) is 1. The first-order chi connectivity index (χ1) is 11.6. The smallest absolute Gasteiger partial charge is 0.306 e. The van der Waals surface area contributed by atoms with Gasteiger partial charge in [-0.1, -0.05) is 25.5 Å². The van der Waals surface area contributed by atoms with Crippen LogP contribution in [0.2, 0.25) is 0 Å². The summed E-state index contributed by atoms with van der Waals surface area (Å²) < 4.78 is 0. The number of amides is 1. The van der Waals surface area contributed by atoms with Crippen molar-refractivity contribution < 1.29 is 14.7 Å². The van der Waals surface area contributed by atoms with E-state index in [2.05, 4.69) is 29.3 Å². The highest BCUT2D eigenvalue weighted by Crippen LogP contribution is 2.18. The topological polar surface area (TPSA) is 69.6 Å². The molecular weight excluding hydrogens is 304 g/mol. The van der Waals surface area contributed by atoms with Crippen LogP contribution in [-0.4, -0.2) is 41.5 Å². The molecule has 0 aliphatic carbocycles. The van der Waals surface area contributed by atoms with Gasteiger partial charge in [-0.25, -0.2) is 0 Å². The number of benzene rings is 1. The van der Waals surface area contributed by atoms with E-state index < -0.39 is 5.97 Å². The van der Waals surface area contributed by atoms with Gasteiger partial charge in [0.15, 0.2) is 0 Å². The van der Waals surface area contributed by atoms with Crippen LogP contribution in [0.15, 0.2) is 24.3 Å². The molecule has 0 atom stereocenters. The molecule has 0 radical (unpaired) electrons. The number of carbonyl (C=O) groups is 2. The van der Waals surface area contributed by atoms with Gasteiger partial charge in [0, 0.05) is 18.7 Å². The van der Waals surface area contributed by atoms with Gasteiger partial charge >= 0.3 is 5.97 Å². The molecule has 1 aromatic carbocycles. The molecule has 0 aromatic heterocycles. The number of likely N-dealkylation sites (tertiary alicyclic amines) is 1. The van der Waals surface area contributed by atoms with Gasteiger partial charge in [0.05, 0.1) is 5.92 Å². The van der Waals surface area contributed by atoms with Gasteiger partial charge in [-0.3, -0.25) is 9.59 Å². The Morgan fingerprint density at radius 1 is 1.21 bits per heavy atom. The van der Waals surface area contributed by atoms with Crippen molar-refractivity contribution in [1.29, 1.82) is 0 Å². The molecule has 1 fully saturated rings. The molecule has 1 amide bonds. The number of unbranched alkanes of at least 4 members (excludes halogenated alkanes) is 1. The number of aliphatic carboxylic acids is 1. The zero-order valence-corrected chi connectivity index (χ0v) is 14.5. The van der Waals surface area contributed by atoms with Gasteiger partial charge in [-0.15, -0.1) is 0 Å². The van der Waals surface area contributed by atoms with E-state index in [9.17, 15) is 9.59 Å². The number of anilines is 1. The van der Waals surface area contributed by atoms with Crippen LogP contribution in [0.1, 0.15) is 44.6 Å². The zero-order valence-electron chi connectivity index (χ0n) is 14.5. The summed E-state index contributed by atoms with van der Waals surface area (Å²) in [6.45, 7) is 4.76. The number of hydrogen-bond donors (Lipinski definition) is 2. The van der Waals surface area contributed by atoms with Crippen molar-refractivity contribution in [3.63, 3.8) is 0 Å². The lowest BCUT2D eigenvalue weighted by molar-refractivity contribution is -0.143. The molecule has 2 rings (SSSR count). The Bertz CT molecular complexity index is 534. The Kier molecular flexibility index (Phi) is 7.25. The zero-order chi connectivity index (χ0) is 17.4. The van der Waals surface area contributed by atoms with Crippen LogP contribution < -0.4 is 5.32 Å². The molecule has 2 N–H and O–H groups in total. The van der Waals surface area contributed by atoms with E-state index >= 15 is 0 Å². The predicted octanol–water partition coefficient (Wildman–Crippen LogP) is 3.15. The number of carboxylic acids is 1. The maximum atomic E-state index is 11.7. The second kappa shape index (κ2) is 9.42. The van der Waals surface area contributed by atoms with Gasteiger partial charge in [-0.2, -0.15) is 0 Å². The third kappa shape index (κ3) is 5.96. The fraction of sp³-hybridized carbons (Fsp3) is 0.579. The second-order valence-electron chi connectivity index (χ2n) is 6.55. The summed E-state index contributed by atoms with van der Waals surface area (Å²) >= 11 is 0. The third-order valence-corrected chi connectivity index (χ3v) is 4.65. The standard InChI is InChI=1S/C19H28N2O3/c1-2-3-4-18(22)20-17-7-5-15(6-8-17)9-12-21-13-10-16(11-14-21)19(23)24/h5-8,16H,2-4,9-14H2,1H3,(H,20,22)(H,23,24). The molecule has 1 heterocycles. The molecule has 1 aliphatic rings. The molecule has 1 aromatic rings. The Morgan fingerprint density at radius 3 is 2.46 bits per heavy atom. The summed E-state index contributed by atoms with van der Waals surface area (Å²) in [5.74, 6) is -0.756. The lowest BCUT2D eigenvalue weighted by atomic mass is 9.97. The van der Waals surface area contributed by atoms with Crippen molar-refractivity contribution in [2.75, 3.05) is 25.0 Å². The van der Waals surface area contributed by atoms with Crippen LogP contribution in [0.4, 0.5) is 5.69 Å². The Labute approximate surface area is 144 Å². The molecule has 5 nitrogen and oxygen atoms in total. The second-order valence-corrected chi connectivity index (χ2v) is 6.55. The minimum atomic E-state index is -0.661. The van der Waals surface area contributed by atoms with Crippen molar-refractivity contribution in [3.05, 3.63) is 29.8 Å². The first-order valence-electron chi connectivity index (χ1n) is 8.92. The van der Waals surface area contributed by atoms with E-state index in [1.54, 1.807) is 0 Å².